The van der Waals surface area contributed by atoms with Gasteiger partial charge in [0.1, 0.15) is 12.2 Å². The van der Waals surface area contributed by atoms with Crippen molar-refractivity contribution in [2.24, 2.45) is 0 Å². The zero-order valence-corrected chi connectivity index (χ0v) is 10.7. The van der Waals surface area contributed by atoms with Crippen molar-refractivity contribution in [3.63, 3.8) is 0 Å². The van der Waals surface area contributed by atoms with Crippen LogP contribution >= 0.6 is 0 Å². The van der Waals surface area contributed by atoms with Gasteiger partial charge in [0.2, 0.25) is 0 Å². The molecule has 82 valence electrons. The summed E-state index contributed by atoms with van der Waals surface area (Å²) in [4.78, 5) is 11.5. The summed E-state index contributed by atoms with van der Waals surface area (Å²) in [5.41, 5.74) is -0.854. The molecule has 0 atom stereocenters. The van der Waals surface area contributed by atoms with Gasteiger partial charge in [-0.1, -0.05) is 12.7 Å². The zero-order chi connectivity index (χ0) is 11.4. The van der Waals surface area contributed by atoms with Gasteiger partial charge in [-0.2, -0.15) is 0 Å². The van der Waals surface area contributed by atoms with Crippen LogP contribution in [-0.2, 0) is 14.0 Å². The van der Waals surface area contributed by atoms with Gasteiger partial charge >= 0.3 is 5.97 Å². The highest BCUT2D eigenvalue weighted by Gasteiger charge is 2.35. The van der Waals surface area contributed by atoms with Crippen molar-refractivity contribution in [2.75, 3.05) is 6.61 Å². The molecule has 0 aliphatic rings. The number of carbonyl (C=O) groups is 1. The van der Waals surface area contributed by atoms with Gasteiger partial charge in [-0.3, -0.25) is 0 Å². The molecule has 0 spiro atoms. The number of rotatable bonds is 5. The number of ether oxygens (including phenoxy) is 1. The van der Waals surface area contributed by atoms with E-state index < -0.39 is 13.9 Å². The summed E-state index contributed by atoms with van der Waals surface area (Å²) < 4.78 is 10.7. The second-order valence-electron chi connectivity index (χ2n) is 4.61. The molecular formula is C10H20O3Si. The fraction of sp³-hybridized carbons (Fsp3) is 0.700. The molecule has 0 radical (unpaired) electrons. The van der Waals surface area contributed by atoms with Gasteiger partial charge in [0.05, 0.1) is 0 Å². The van der Waals surface area contributed by atoms with Crippen LogP contribution in [0.15, 0.2) is 12.7 Å². The van der Waals surface area contributed by atoms with E-state index in [4.69, 9.17) is 9.16 Å². The molecule has 0 bridgehead atoms. The number of hydrogen-bond acceptors (Lipinski definition) is 3. The Morgan fingerprint density at radius 3 is 2.29 bits per heavy atom. The smallest absolute Gasteiger partial charge is 0.336 e. The van der Waals surface area contributed by atoms with E-state index in [1.807, 2.05) is 19.6 Å². The molecule has 0 aliphatic carbocycles. The van der Waals surface area contributed by atoms with Gasteiger partial charge in [0, 0.05) is 0 Å². The average Bonchev–Trinajstić information content (AvgIpc) is 1.95. The van der Waals surface area contributed by atoms with E-state index in [1.54, 1.807) is 19.9 Å². The van der Waals surface area contributed by atoms with Crippen LogP contribution in [0.1, 0.15) is 13.8 Å². The summed E-state index contributed by atoms with van der Waals surface area (Å²) in [6.45, 7) is 13.3. The van der Waals surface area contributed by atoms with Crippen molar-refractivity contribution in [1.82, 2.24) is 0 Å². The quantitative estimate of drug-likeness (QED) is 0.402. The van der Waals surface area contributed by atoms with Gasteiger partial charge in [-0.15, -0.1) is 0 Å². The Bertz CT molecular complexity index is 216. The molecule has 0 aromatic heterocycles. The van der Waals surface area contributed by atoms with Gasteiger partial charge in [-0.05, 0) is 33.5 Å². The highest BCUT2D eigenvalue weighted by molar-refractivity contribution is 6.70. The van der Waals surface area contributed by atoms with E-state index in [0.717, 1.165) is 0 Å². The van der Waals surface area contributed by atoms with Crippen LogP contribution in [0.2, 0.25) is 19.6 Å². The SMILES string of the molecule is C=CCOC(=O)C(C)(C)O[Si](C)(C)C. The fourth-order valence-corrected chi connectivity index (χ4v) is 2.73. The van der Waals surface area contributed by atoms with E-state index >= 15 is 0 Å². The van der Waals surface area contributed by atoms with Crippen LogP contribution in [0.4, 0.5) is 0 Å². The summed E-state index contributed by atoms with van der Waals surface area (Å²) in [7, 11) is -1.72. The molecule has 4 heteroatoms. The van der Waals surface area contributed by atoms with Crippen molar-refractivity contribution in [1.29, 1.82) is 0 Å². The standard InChI is InChI=1S/C10H20O3Si/c1-7-8-12-9(11)10(2,3)13-14(4,5)6/h7H,1,8H2,2-6H3. The minimum Gasteiger partial charge on any atom is -0.459 e. The summed E-state index contributed by atoms with van der Waals surface area (Å²) >= 11 is 0. The van der Waals surface area contributed by atoms with Crippen molar-refractivity contribution in [3.8, 4) is 0 Å². The third-order valence-corrected chi connectivity index (χ3v) is 2.51. The minimum atomic E-state index is -1.72. The first-order valence-electron chi connectivity index (χ1n) is 4.67. The molecule has 0 N–H and O–H groups in total. The molecule has 0 fully saturated rings. The van der Waals surface area contributed by atoms with Gasteiger partial charge in [-0.25, -0.2) is 4.79 Å². The fourth-order valence-electron chi connectivity index (χ4n) is 1.12. The van der Waals surface area contributed by atoms with E-state index in [0.29, 0.717) is 0 Å². The van der Waals surface area contributed by atoms with Crippen molar-refractivity contribution in [3.05, 3.63) is 12.7 Å². The molecule has 0 aliphatic heterocycles. The lowest BCUT2D eigenvalue weighted by molar-refractivity contribution is -0.158. The summed E-state index contributed by atoms with van der Waals surface area (Å²) in [6.07, 6.45) is 1.54. The second-order valence-corrected chi connectivity index (χ2v) is 9.04. The third-order valence-electron chi connectivity index (χ3n) is 1.39. The number of hydrogen-bond donors (Lipinski definition) is 0. The van der Waals surface area contributed by atoms with Gasteiger partial charge in [0.25, 0.3) is 0 Å². The van der Waals surface area contributed by atoms with Crippen LogP contribution < -0.4 is 0 Å². The molecule has 0 saturated carbocycles. The number of esters is 1. The molecule has 0 unspecified atom stereocenters. The highest BCUT2D eigenvalue weighted by atomic mass is 28.4. The van der Waals surface area contributed by atoms with Crippen molar-refractivity contribution < 1.29 is 14.0 Å². The molecule has 14 heavy (non-hydrogen) atoms. The maximum absolute atomic E-state index is 11.5. The summed E-state index contributed by atoms with van der Waals surface area (Å²) in [6, 6.07) is 0. The van der Waals surface area contributed by atoms with E-state index in [1.165, 1.54) is 0 Å². The Labute approximate surface area is 87.2 Å². The molecule has 0 amide bonds. The first-order valence-corrected chi connectivity index (χ1v) is 8.08. The lowest BCUT2D eigenvalue weighted by atomic mass is 10.1. The Morgan fingerprint density at radius 1 is 1.43 bits per heavy atom. The maximum Gasteiger partial charge on any atom is 0.336 e. The summed E-state index contributed by atoms with van der Waals surface area (Å²) in [5, 5.41) is 0. The first kappa shape index (κ1) is 13.4. The van der Waals surface area contributed by atoms with Gasteiger partial charge in [0.15, 0.2) is 8.32 Å². The molecule has 0 aromatic rings. The molecule has 0 heterocycles. The molecule has 3 nitrogen and oxygen atoms in total. The maximum atomic E-state index is 11.5. The largest absolute Gasteiger partial charge is 0.459 e. The van der Waals surface area contributed by atoms with Crippen LogP contribution in [0.25, 0.3) is 0 Å². The monoisotopic (exact) mass is 216 g/mol. The van der Waals surface area contributed by atoms with Crippen LogP contribution in [0.5, 0.6) is 0 Å². The van der Waals surface area contributed by atoms with Crippen molar-refractivity contribution >= 4 is 14.3 Å². The van der Waals surface area contributed by atoms with E-state index in [-0.39, 0.29) is 12.6 Å². The van der Waals surface area contributed by atoms with Crippen LogP contribution in [0.3, 0.4) is 0 Å². The Balaban J connectivity index is 4.30. The Hall–Kier alpha value is -0.613. The number of carbonyl (C=O) groups excluding carboxylic acids is 1. The van der Waals surface area contributed by atoms with Gasteiger partial charge < -0.3 is 9.16 Å². The molecular weight excluding hydrogens is 196 g/mol. The van der Waals surface area contributed by atoms with Crippen LogP contribution in [-0.4, -0.2) is 26.5 Å². The zero-order valence-electron chi connectivity index (χ0n) is 9.72. The normalized spacial score (nSPS) is 12.4. The van der Waals surface area contributed by atoms with E-state index in [9.17, 15) is 4.79 Å². The predicted molar refractivity (Wildman–Crippen MR) is 59.7 cm³/mol. The average molecular weight is 216 g/mol. The summed E-state index contributed by atoms with van der Waals surface area (Å²) in [5.74, 6) is -0.333. The Morgan fingerprint density at radius 2 is 1.93 bits per heavy atom. The van der Waals surface area contributed by atoms with Crippen molar-refractivity contribution in [2.45, 2.75) is 39.1 Å². The lowest BCUT2D eigenvalue weighted by Crippen LogP contribution is -2.45. The molecule has 0 aromatic carbocycles. The molecule has 0 saturated heterocycles. The second kappa shape index (κ2) is 4.75. The highest BCUT2D eigenvalue weighted by Crippen LogP contribution is 2.18. The predicted octanol–water partition coefficient (Wildman–Crippen LogP) is 2.35. The minimum absolute atomic E-state index is 0.233. The lowest BCUT2D eigenvalue weighted by Gasteiger charge is -2.30. The van der Waals surface area contributed by atoms with E-state index in [2.05, 4.69) is 6.58 Å². The Kier molecular flexibility index (Phi) is 4.54. The van der Waals surface area contributed by atoms with Crippen LogP contribution in [0, 0.1) is 0 Å². The third kappa shape index (κ3) is 5.19. The first-order chi connectivity index (χ1) is 6.19. The topological polar surface area (TPSA) is 35.5 Å². The molecule has 0 rings (SSSR count).